The van der Waals surface area contributed by atoms with Gasteiger partial charge in [-0.3, -0.25) is 14.6 Å². The number of rotatable bonds is 8. The second kappa shape index (κ2) is 10.8. The lowest BCUT2D eigenvalue weighted by atomic mass is 10.1. The van der Waals surface area contributed by atoms with Crippen LogP contribution in [0.5, 0.6) is 5.75 Å². The molecule has 0 fully saturated rings. The van der Waals surface area contributed by atoms with Gasteiger partial charge in [-0.25, -0.2) is 0 Å². The Morgan fingerprint density at radius 2 is 1.97 bits per heavy atom. The Morgan fingerprint density at radius 3 is 2.61 bits per heavy atom. The number of alkyl halides is 3. The number of nitrogens with zero attached hydrogens (tertiary/aromatic N) is 3. The van der Waals surface area contributed by atoms with Gasteiger partial charge in [0.2, 0.25) is 5.79 Å². The molecule has 1 aromatic carbocycles. The molecule has 36 heavy (non-hydrogen) atoms. The van der Waals surface area contributed by atoms with E-state index >= 15 is 0 Å². The quantitative estimate of drug-likeness (QED) is 0.339. The number of thiazole rings is 1. The molecule has 0 aliphatic carbocycles. The molecule has 1 atom stereocenters. The minimum absolute atomic E-state index is 0.108. The summed E-state index contributed by atoms with van der Waals surface area (Å²) in [5.74, 6) is -3.50. The standard InChI is InChI=1S/C24H27F3N4O4S/c1-5-6-11-31-18-13-29-10-9-19(18)36-22(31)30-20(32)16-12-15(7-8-17(16)24(25,26)27)34-23(3,4)35-21(33)14(2)28/h7-10,12-14H,5-6,11,28H2,1-4H3/t14-/m1/s1. The fourth-order valence-electron chi connectivity index (χ4n) is 3.33. The van der Waals surface area contributed by atoms with Crippen molar-refractivity contribution < 1.29 is 32.2 Å². The maximum Gasteiger partial charge on any atom is 0.417 e. The highest BCUT2D eigenvalue weighted by atomic mass is 32.1. The smallest absolute Gasteiger partial charge is 0.417 e. The fraction of sp³-hybridized carbons (Fsp3) is 0.417. The number of hydrogen-bond donors (Lipinski definition) is 1. The Balaban J connectivity index is 2.06. The molecule has 0 unspecified atom stereocenters. The maximum absolute atomic E-state index is 13.8. The number of esters is 1. The van der Waals surface area contributed by atoms with E-state index in [2.05, 4.69) is 9.98 Å². The van der Waals surface area contributed by atoms with E-state index < -0.39 is 41.0 Å². The Bertz CT molecular complexity index is 1330. The molecule has 0 spiro atoms. The summed E-state index contributed by atoms with van der Waals surface area (Å²) in [6, 6.07) is 3.57. The summed E-state index contributed by atoms with van der Waals surface area (Å²) in [5, 5.41) is 0. The van der Waals surface area contributed by atoms with Crippen LogP contribution in [-0.2, 0) is 22.3 Å². The van der Waals surface area contributed by atoms with Crippen molar-refractivity contribution in [3.05, 3.63) is 52.6 Å². The van der Waals surface area contributed by atoms with E-state index in [1.807, 2.05) is 6.92 Å². The van der Waals surface area contributed by atoms with Crippen molar-refractivity contribution in [2.24, 2.45) is 10.7 Å². The van der Waals surface area contributed by atoms with Crippen LogP contribution in [0, 0.1) is 0 Å². The van der Waals surface area contributed by atoms with E-state index in [1.54, 1.807) is 23.0 Å². The molecule has 0 saturated heterocycles. The predicted molar refractivity (Wildman–Crippen MR) is 128 cm³/mol. The van der Waals surface area contributed by atoms with E-state index in [4.69, 9.17) is 15.2 Å². The van der Waals surface area contributed by atoms with Gasteiger partial charge >= 0.3 is 12.1 Å². The van der Waals surface area contributed by atoms with Gasteiger partial charge in [0.1, 0.15) is 11.8 Å². The van der Waals surface area contributed by atoms with Crippen molar-refractivity contribution in [3.63, 3.8) is 0 Å². The number of fused-ring (bicyclic) bond motifs is 1. The maximum atomic E-state index is 13.8. The minimum Gasteiger partial charge on any atom is -0.453 e. The first-order valence-corrected chi connectivity index (χ1v) is 12.0. The third-order valence-corrected chi connectivity index (χ3v) is 6.08. The molecule has 2 N–H and O–H groups in total. The highest BCUT2D eigenvalue weighted by Gasteiger charge is 2.36. The Morgan fingerprint density at radius 1 is 1.25 bits per heavy atom. The normalized spacial score (nSPS) is 13.6. The van der Waals surface area contributed by atoms with Crippen molar-refractivity contribution in [2.75, 3.05) is 0 Å². The number of carbonyl (C=O) groups excluding carboxylic acids is 2. The number of halogens is 3. The molecular formula is C24H27F3N4O4S. The number of benzene rings is 1. The van der Waals surface area contributed by atoms with E-state index in [1.165, 1.54) is 32.1 Å². The van der Waals surface area contributed by atoms with Crippen LogP contribution in [0.3, 0.4) is 0 Å². The molecule has 0 saturated carbocycles. The largest absolute Gasteiger partial charge is 0.453 e. The second-order valence-corrected chi connectivity index (χ2v) is 9.58. The van der Waals surface area contributed by atoms with Gasteiger partial charge in [0.25, 0.3) is 5.91 Å². The molecule has 194 valence electrons. The number of hydrogen-bond acceptors (Lipinski definition) is 7. The molecule has 0 aliphatic rings. The average Bonchev–Trinajstić information content (AvgIpc) is 3.12. The molecule has 1 amide bonds. The first kappa shape index (κ1) is 27.3. The molecule has 0 radical (unpaired) electrons. The van der Waals surface area contributed by atoms with Crippen molar-refractivity contribution in [2.45, 2.75) is 65.1 Å². The van der Waals surface area contributed by atoms with E-state index in [-0.39, 0.29) is 10.6 Å². The topological polar surface area (TPSA) is 109 Å². The summed E-state index contributed by atoms with van der Waals surface area (Å²) in [6.45, 7) is 6.76. The summed E-state index contributed by atoms with van der Waals surface area (Å²) in [5.41, 5.74) is 4.39. The molecule has 0 aliphatic heterocycles. The lowest BCUT2D eigenvalue weighted by Gasteiger charge is -2.27. The minimum atomic E-state index is -4.81. The van der Waals surface area contributed by atoms with Gasteiger partial charge in [0, 0.05) is 26.6 Å². The van der Waals surface area contributed by atoms with Crippen LogP contribution in [0.25, 0.3) is 10.2 Å². The molecule has 3 rings (SSSR count). The molecule has 2 heterocycles. The van der Waals surface area contributed by atoms with Gasteiger partial charge in [-0.05, 0) is 37.6 Å². The van der Waals surface area contributed by atoms with E-state index in [9.17, 15) is 22.8 Å². The number of nitrogens with two attached hydrogens (primary N) is 1. The van der Waals surface area contributed by atoms with Gasteiger partial charge in [0.05, 0.1) is 27.5 Å². The van der Waals surface area contributed by atoms with Crippen molar-refractivity contribution in [1.29, 1.82) is 0 Å². The molecule has 12 heteroatoms. The average molecular weight is 525 g/mol. The number of aryl methyl sites for hydroxylation is 1. The number of pyridine rings is 1. The zero-order valence-corrected chi connectivity index (χ0v) is 21.1. The van der Waals surface area contributed by atoms with Crippen LogP contribution in [0.4, 0.5) is 13.2 Å². The predicted octanol–water partition coefficient (Wildman–Crippen LogP) is 4.66. The van der Waals surface area contributed by atoms with Gasteiger partial charge < -0.3 is 19.8 Å². The SMILES string of the molecule is CCCCn1c(=NC(=O)c2cc(OC(C)(C)OC(=O)[C@@H](C)N)ccc2C(F)(F)F)sc2ccncc21. The molecule has 0 bridgehead atoms. The molecule has 2 aromatic heterocycles. The first-order chi connectivity index (χ1) is 16.8. The van der Waals surface area contributed by atoms with Crippen LogP contribution in [0.15, 0.2) is 41.7 Å². The lowest BCUT2D eigenvalue weighted by Crippen LogP contribution is -2.40. The monoisotopic (exact) mass is 524 g/mol. The van der Waals surface area contributed by atoms with Crippen molar-refractivity contribution in [3.8, 4) is 5.75 Å². The number of amides is 1. The van der Waals surface area contributed by atoms with Crippen LogP contribution < -0.4 is 15.3 Å². The van der Waals surface area contributed by atoms with Crippen LogP contribution in [-0.4, -0.2) is 33.3 Å². The Labute approximate surface area is 209 Å². The summed E-state index contributed by atoms with van der Waals surface area (Å²) < 4.78 is 54.6. The van der Waals surface area contributed by atoms with E-state index in [0.29, 0.717) is 6.54 Å². The Hall–Kier alpha value is -3.25. The zero-order chi connectivity index (χ0) is 26.7. The number of unbranched alkanes of at least 4 members (excludes halogenated alkanes) is 1. The summed E-state index contributed by atoms with van der Waals surface area (Å²) in [4.78, 5) is 33.4. The molecule has 8 nitrogen and oxygen atoms in total. The summed E-state index contributed by atoms with van der Waals surface area (Å²) >= 11 is 1.19. The third kappa shape index (κ3) is 6.49. The van der Waals surface area contributed by atoms with Crippen molar-refractivity contribution in [1.82, 2.24) is 9.55 Å². The first-order valence-electron chi connectivity index (χ1n) is 11.2. The Kier molecular flexibility index (Phi) is 8.19. The van der Waals surface area contributed by atoms with Gasteiger partial charge in [-0.1, -0.05) is 24.7 Å². The molecule has 3 aromatic rings. The second-order valence-electron chi connectivity index (χ2n) is 8.57. The number of carbonyl (C=O) groups is 2. The third-order valence-electron chi connectivity index (χ3n) is 5.03. The van der Waals surface area contributed by atoms with Gasteiger partial charge in [-0.2, -0.15) is 18.2 Å². The van der Waals surface area contributed by atoms with Gasteiger partial charge in [0.15, 0.2) is 4.80 Å². The van der Waals surface area contributed by atoms with Crippen LogP contribution >= 0.6 is 11.3 Å². The van der Waals surface area contributed by atoms with Crippen LogP contribution in [0.1, 0.15) is 56.5 Å². The number of aromatic nitrogens is 2. The zero-order valence-electron chi connectivity index (χ0n) is 20.3. The summed E-state index contributed by atoms with van der Waals surface area (Å²) in [6.07, 6.45) is 0.0783. The fourth-order valence-corrected chi connectivity index (χ4v) is 4.35. The molecular weight excluding hydrogens is 497 g/mol. The lowest BCUT2D eigenvalue weighted by molar-refractivity contribution is -0.187. The van der Waals surface area contributed by atoms with E-state index in [0.717, 1.165) is 41.3 Å². The number of ether oxygens (including phenoxy) is 2. The highest BCUT2D eigenvalue weighted by Crippen LogP contribution is 2.35. The van der Waals surface area contributed by atoms with Crippen LogP contribution in [0.2, 0.25) is 0 Å². The van der Waals surface area contributed by atoms with Gasteiger partial charge in [-0.15, -0.1) is 0 Å². The summed E-state index contributed by atoms with van der Waals surface area (Å²) in [7, 11) is 0. The highest BCUT2D eigenvalue weighted by molar-refractivity contribution is 7.16. The van der Waals surface area contributed by atoms with Crippen molar-refractivity contribution >= 4 is 33.4 Å².